The molecule has 32 heavy (non-hydrogen) atoms. The summed E-state index contributed by atoms with van der Waals surface area (Å²) < 4.78 is 56.0. The molecule has 166 valence electrons. The molecule has 0 spiro atoms. The second-order valence-electron chi connectivity index (χ2n) is 7.16. The number of carbonyl (C=O) groups excluding carboxylic acids is 1. The fourth-order valence-electron chi connectivity index (χ4n) is 3.60. The number of anilines is 3. The summed E-state index contributed by atoms with van der Waals surface area (Å²) in [5, 5.41) is 0. The fraction of sp³-hybridized carbons (Fsp3) is 0.190. The summed E-state index contributed by atoms with van der Waals surface area (Å²) >= 11 is 0. The van der Waals surface area contributed by atoms with Gasteiger partial charge in [0.25, 0.3) is 5.91 Å². The average Bonchev–Trinajstić information content (AvgIpc) is 2.68. The number of alkyl halides is 3. The maximum absolute atomic E-state index is 13.7. The van der Waals surface area contributed by atoms with E-state index in [1.807, 2.05) is 0 Å². The van der Waals surface area contributed by atoms with Crippen LogP contribution >= 0.6 is 0 Å². The third-order valence-corrected chi connectivity index (χ3v) is 4.98. The molecule has 4 rings (SSSR count). The molecule has 0 unspecified atom stereocenters. The minimum atomic E-state index is -4.91. The van der Waals surface area contributed by atoms with Gasteiger partial charge in [-0.25, -0.2) is 9.18 Å². The van der Waals surface area contributed by atoms with Crippen molar-refractivity contribution in [1.82, 2.24) is 9.97 Å². The summed E-state index contributed by atoms with van der Waals surface area (Å²) in [6.07, 6.45) is -3.66. The smallest absolute Gasteiger partial charge is 0.406 e. The summed E-state index contributed by atoms with van der Waals surface area (Å²) in [5.74, 6) is -1.48. The first-order valence-corrected chi connectivity index (χ1v) is 9.35. The quantitative estimate of drug-likeness (QED) is 0.609. The van der Waals surface area contributed by atoms with Gasteiger partial charge in [-0.2, -0.15) is 4.98 Å². The van der Waals surface area contributed by atoms with E-state index in [0.717, 1.165) is 12.1 Å². The van der Waals surface area contributed by atoms with Crippen molar-refractivity contribution < 1.29 is 27.1 Å². The maximum atomic E-state index is 13.7. The minimum Gasteiger partial charge on any atom is -0.406 e. The first-order valence-electron chi connectivity index (χ1n) is 9.35. The maximum Gasteiger partial charge on any atom is 0.573 e. The molecule has 1 N–H and O–H groups in total. The van der Waals surface area contributed by atoms with E-state index in [1.165, 1.54) is 35.4 Å². The number of nitrogens with zero attached hydrogens (tertiary/aromatic N) is 3. The van der Waals surface area contributed by atoms with Crippen LogP contribution in [0.15, 0.2) is 47.4 Å². The Balaban J connectivity index is 1.88. The predicted octanol–water partition coefficient (Wildman–Crippen LogP) is 4.18. The number of fused-ring (bicyclic) bond motifs is 1. The standard InChI is InChI=1S/C21H16F4N4O3/c1-11-7-13(22)3-6-16(11)28-10-29(18-9-26-20(31)27-12(18)2)19(30)15-5-4-14(8-17(15)28)32-21(23,24)25/h3-9H,10H2,1-2H3,(H,26,27,31). The molecule has 0 saturated carbocycles. The molecular formula is C21H16F4N4O3. The van der Waals surface area contributed by atoms with Crippen LogP contribution < -0.4 is 20.2 Å². The molecule has 0 atom stereocenters. The van der Waals surface area contributed by atoms with E-state index < -0.39 is 29.5 Å². The van der Waals surface area contributed by atoms with Gasteiger partial charge in [0, 0.05) is 17.4 Å². The lowest BCUT2D eigenvalue weighted by molar-refractivity contribution is -0.274. The van der Waals surface area contributed by atoms with Crippen molar-refractivity contribution in [3.8, 4) is 5.75 Å². The number of ether oxygens (including phenoxy) is 1. The molecule has 1 aliphatic rings. The van der Waals surface area contributed by atoms with Crippen LogP contribution in [-0.2, 0) is 0 Å². The Kier molecular flexibility index (Phi) is 5.11. The van der Waals surface area contributed by atoms with Gasteiger partial charge in [-0.3, -0.25) is 9.69 Å². The molecule has 7 nitrogen and oxygen atoms in total. The van der Waals surface area contributed by atoms with Gasteiger partial charge in [-0.15, -0.1) is 13.2 Å². The zero-order chi connectivity index (χ0) is 23.2. The molecule has 0 bridgehead atoms. The third-order valence-electron chi connectivity index (χ3n) is 4.98. The second kappa shape index (κ2) is 7.66. The number of halogens is 4. The van der Waals surface area contributed by atoms with Crippen LogP contribution in [0, 0.1) is 19.7 Å². The van der Waals surface area contributed by atoms with E-state index in [-0.39, 0.29) is 17.9 Å². The van der Waals surface area contributed by atoms with Gasteiger partial charge in [0.15, 0.2) is 0 Å². The lowest BCUT2D eigenvalue weighted by Gasteiger charge is -2.39. The first kappa shape index (κ1) is 21.3. The number of benzene rings is 2. The van der Waals surface area contributed by atoms with Crippen molar-refractivity contribution >= 4 is 23.0 Å². The largest absolute Gasteiger partial charge is 0.573 e. The monoisotopic (exact) mass is 448 g/mol. The van der Waals surface area contributed by atoms with Crippen molar-refractivity contribution in [2.24, 2.45) is 0 Å². The van der Waals surface area contributed by atoms with Gasteiger partial charge >= 0.3 is 12.1 Å². The molecule has 0 aliphatic carbocycles. The Hall–Kier alpha value is -3.89. The lowest BCUT2D eigenvalue weighted by atomic mass is 10.0. The number of rotatable bonds is 3. The number of H-pyrrole nitrogens is 1. The zero-order valence-corrected chi connectivity index (χ0v) is 16.8. The Morgan fingerprint density at radius 2 is 1.75 bits per heavy atom. The number of carbonyl (C=O) groups is 1. The lowest BCUT2D eigenvalue weighted by Crippen LogP contribution is -2.46. The number of aromatic amines is 1. The number of hydrogen-bond donors (Lipinski definition) is 1. The van der Waals surface area contributed by atoms with Crippen molar-refractivity contribution in [2.75, 3.05) is 16.5 Å². The van der Waals surface area contributed by atoms with Gasteiger partial charge in [0.1, 0.15) is 18.2 Å². The summed E-state index contributed by atoms with van der Waals surface area (Å²) in [6.45, 7) is 3.11. The van der Waals surface area contributed by atoms with Crippen LogP contribution in [0.4, 0.5) is 34.6 Å². The molecule has 11 heteroatoms. The highest BCUT2D eigenvalue weighted by molar-refractivity contribution is 6.12. The van der Waals surface area contributed by atoms with E-state index in [4.69, 9.17) is 0 Å². The number of amides is 1. The topological polar surface area (TPSA) is 78.5 Å². The van der Waals surface area contributed by atoms with Crippen LogP contribution in [0.5, 0.6) is 5.75 Å². The molecule has 1 amide bonds. The van der Waals surface area contributed by atoms with Crippen LogP contribution in [0.1, 0.15) is 21.6 Å². The summed E-state index contributed by atoms with van der Waals surface area (Å²) in [5.41, 5.74) is 1.36. The normalized spacial score (nSPS) is 13.9. The van der Waals surface area contributed by atoms with Crippen LogP contribution in [0.2, 0.25) is 0 Å². The van der Waals surface area contributed by atoms with Crippen molar-refractivity contribution in [1.29, 1.82) is 0 Å². The number of aromatic nitrogens is 2. The Bertz CT molecular complexity index is 1270. The van der Waals surface area contributed by atoms with E-state index >= 15 is 0 Å². The molecule has 3 aromatic rings. The fourth-order valence-corrected chi connectivity index (χ4v) is 3.60. The van der Waals surface area contributed by atoms with E-state index in [2.05, 4.69) is 14.7 Å². The predicted molar refractivity (Wildman–Crippen MR) is 108 cm³/mol. The molecule has 1 aliphatic heterocycles. The Morgan fingerprint density at radius 1 is 1.00 bits per heavy atom. The molecule has 2 aromatic carbocycles. The summed E-state index contributed by atoms with van der Waals surface area (Å²) in [7, 11) is 0. The molecular weight excluding hydrogens is 432 g/mol. The number of aryl methyl sites for hydroxylation is 2. The van der Waals surface area contributed by atoms with Gasteiger partial charge in [0.2, 0.25) is 0 Å². The minimum absolute atomic E-state index is 0.0973. The van der Waals surface area contributed by atoms with E-state index in [0.29, 0.717) is 22.6 Å². The number of nitrogens with one attached hydrogen (secondary N) is 1. The molecule has 0 fully saturated rings. The molecule has 0 saturated heterocycles. The van der Waals surface area contributed by atoms with Gasteiger partial charge < -0.3 is 14.6 Å². The van der Waals surface area contributed by atoms with E-state index in [9.17, 15) is 27.2 Å². The van der Waals surface area contributed by atoms with Crippen LogP contribution in [0.25, 0.3) is 0 Å². The van der Waals surface area contributed by atoms with E-state index in [1.54, 1.807) is 18.7 Å². The summed E-state index contributed by atoms with van der Waals surface area (Å²) in [6, 6.07) is 7.34. The zero-order valence-electron chi connectivity index (χ0n) is 16.8. The van der Waals surface area contributed by atoms with Crippen molar-refractivity contribution in [3.05, 3.63) is 75.7 Å². The molecule has 0 radical (unpaired) electrons. The summed E-state index contributed by atoms with van der Waals surface area (Å²) in [4.78, 5) is 33.8. The Morgan fingerprint density at radius 3 is 2.41 bits per heavy atom. The SMILES string of the molecule is Cc1cc(F)ccc1N1CN(c2cnc(=O)[nH]c2C)C(=O)c2ccc(OC(F)(F)F)cc21. The third kappa shape index (κ3) is 4.01. The van der Waals surface area contributed by atoms with Crippen LogP contribution in [-0.4, -0.2) is 28.9 Å². The van der Waals surface area contributed by atoms with Gasteiger partial charge in [-0.05, 0) is 49.7 Å². The highest BCUT2D eigenvalue weighted by atomic mass is 19.4. The Labute approximate surface area is 178 Å². The van der Waals surface area contributed by atoms with Crippen molar-refractivity contribution in [2.45, 2.75) is 20.2 Å². The first-order chi connectivity index (χ1) is 15.0. The molecule has 2 heterocycles. The second-order valence-corrected chi connectivity index (χ2v) is 7.16. The average molecular weight is 448 g/mol. The van der Waals surface area contributed by atoms with Crippen LogP contribution in [0.3, 0.4) is 0 Å². The van der Waals surface area contributed by atoms with Gasteiger partial charge in [0.05, 0.1) is 23.1 Å². The molecule has 1 aromatic heterocycles. The highest BCUT2D eigenvalue weighted by Gasteiger charge is 2.35. The number of hydrogen-bond acceptors (Lipinski definition) is 5. The highest BCUT2D eigenvalue weighted by Crippen LogP contribution is 2.40. The van der Waals surface area contributed by atoms with Gasteiger partial charge in [-0.1, -0.05) is 0 Å². The van der Waals surface area contributed by atoms with Crippen molar-refractivity contribution in [3.63, 3.8) is 0 Å².